The third-order valence-corrected chi connectivity index (χ3v) is 11.3. The van der Waals surface area contributed by atoms with Crippen LogP contribution in [-0.2, 0) is 11.3 Å². The van der Waals surface area contributed by atoms with Gasteiger partial charge in [0, 0.05) is 95.7 Å². The first-order chi connectivity index (χ1) is 30.6. The minimum Gasteiger partial charge on any atom is -0.508 e. The molecule has 0 spiro atoms. The first-order valence-corrected chi connectivity index (χ1v) is 20.4. The van der Waals surface area contributed by atoms with Crippen molar-refractivity contribution < 1.29 is 43.3 Å². The van der Waals surface area contributed by atoms with Gasteiger partial charge in [-0.05, 0) is 78.7 Å². The summed E-state index contributed by atoms with van der Waals surface area (Å²) >= 11 is 13.7. The number of phenolic OH excluding ortho intramolecular Hbond substituents is 1. The zero-order valence-corrected chi connectivity index (χ0v) is 35.7. The number of nitrogens with one attached hydrogen (secondary N) is 2. The Kier molecular flexibility index (Phi) is 11.6. The maximum absolute atomic E-state index is 13.8. The minimum absolute atomic E-state index is 0.0308. The Hall–Kier alpha value is -7.68. The summed E-state index contributed by atoms with van der Waals surface area (Å²) < 4.78 is 12.3. The highest BCUT2D eigenvalue weighted by Gasteiger charge is 2.30. The highest BCUT2D eigenvalue weighted by Crippen LogP contribution is 2.47. The lowest BCUT2D eigenvalue weighted by Crippen LogP contribution is -2.36. The topological polar surface area (TPSA) is 212 Å². The standard InChI is InChI=1S/C48H36Cl2N4O10/c1-4-51-24-6-11-31-36(16-24)63-37-17-25(54(2)3)7-12-32(37)42(31)44-43(48(61)62)35(49)20-34(45(44)50)46(58)53-22-40(57)52-21-23-5-10-28(33(15-23)47(59)60)41-29-13-8-26(55)18-38(29)64-39-19-27(56)9-14-30(39)41/h5-20,55H,4,21-22H2,1-3H3,(H,52,57)(H,53,58)(H,59,60)(H,61,62). The summed E-state index contributed by atoms with van der Waals surface area (Å²) in [5.74, 6) is -3.62. The molecule has 2 aliphatic heterocycles. The Labute approximate surface area is 373 Å². The smallest absolute Gasteiger partial charge is 0.337 e. The minimum atomic E-state index is -1.39. The molecule has 4 aromatic carbocycles. The van der Waals surface area contributed by atoms with E-state index in [0.717, 1.165) is 11.8 Å². The van der Waals surface area contributed by atoms with Gasteiger partial charge in [0.15, 0.2) is 5.43 Å². The van der Waals surface area contributed by atoms with Crippen molar-refractivity contribution in [3.05, 3.63) is 145 Å². The number of hydrogen-bond acceptors (Lipinski definition) is 10. The number of carboxylic acid groups (broad SMARTS) is 2. The van der Waals surface area contributed by atoms with Crippen molar-refractivity contribution >= 4 is 74.6 Å². The highest BCUT2D eigenvalue weighted by atomic mass is 35.5. The lowest BCUT2D eigenvalue weighted by atomic mass is 9.89. The number of amides is 2. The number of nitrogens with zero attached hydrogens (tertiary/aromatic N) is 2. The molecule has 0 atom stereocenters. The fourth-order valence-corrected chi connectivity index (χ4v) is 8.31. The first kappa shape index (κ1) is 43.0. The fourth-order valence-electron chi connectivity index (χ4n) is 7.70. The summed E-state index contributed by atoms with van der Waals surface area (Å²) in [5.41, 5.74) is 2.93. The van der Waals surface area contributed by atoms with Crippen molar-refractivity contribution in [3.63, 3.8) is 0 Å². The number of hydrogen-bond donors (Lipinski definition) is 5. The number of aromatic hydroxyl groups is 1. The number of anilines is 1. The van der Waals surface area contributed by atoms with Crippen LogP contribution in [-0.4, -0.2) is 66.3 Å². The quantitative estimate of drug-likeness (QED) is 0.0777. The molecule has 16 heteroatoms. The van der Waals surface area contributed by atoms with Crippen LogP contribution in [0.4, 0.5) is 5.69 Å². The van der Waals surface area contributed by atoms with Crippen LogP contribution >= 0.6 is 23.2 Å². The molecule has 0 saturated heterocycles. The number of carbonyl (C=O) groups is 4. The molecule has 4 aliphatic rings. The number of halogens is 2. The molecular weight excluding hydrogens is 863 g/mol. The number of phenols is 1. The number of rotatable bonds is 11. The lowest BCUT2D eigenvalue weighted by molar-refractivity contribution is -0.120. The zero-order valence-electron chi connectivity index (χ0n) is 34.2. The van der Waals surface area contributed by atoms with E-state index < -0.39 is 30.3 Å². The Morgan fingerprint density at radius 3 is 2.09 bits per heavy atom. The summed E-state index contributed by atoms with van der Waals surface area (Å²) in [6, 6.07) is 24.9. The largest absolute Gasteiger partial charge is 0.508 e. The molecule has 2 heterocycles. The molecule has 8 rings (SSSR count). The molecule has 0 aromatic heterocycles. The molecule has 14 nitrogen and oxygen atoms in total. The maximum Gasteiger partial charge on any atom is 0.337 e. The van der Waals surface area contributed by atoms with Gasteiger partial charge in [0.25, 0.3) is 5.91 Å². The van der Waals surface area contributed by atoms with Crippen LogP contribution in [0.1, 0.15) is 43.6 Å². The second-order valence-electron chi connectivity index (χ2n) is 14.9. The van der Waals surface area contributed by atoms with Gasteiger partial charge in [0.05, 0.1) is 38.6 Å². The van der Waals surface area contributed by atoms with Crippen molar-refractivity contribution in [2.24, 2.45) is 4.99 Å². The van der Waals surface area contributed by atoms with Gasteiger partial charge < -0.3 is 39.7 Å². The molecule has 0 bridgehead atoms. The third kappa shape index (κ3) is 8.07. The lowest BCUT2D eigenvalue weighted by Gasteiger charge is -2.21. The van der Waals surface area contributed by atoms with Crippen LogP contribution in [0.3, 0.4) is 0 Å². The van der Waals surface area contributed by atoms with E-state index in [1.54, 1.807) is 54.6 Å². The Balaban J connectivity index is 1.08. The van der Waals surface area contributed by atoms with Gasteiger partial charge in [-0.2, -0.15) is 0 Å². The first-order valence-electron chi connectivity index (χ1n) is 19.7. The van der Waals surface area contributed by atoms with Gasteiger partial charge in [0.2, 0.25) is 5.91 Å². The number of benzene rings is 6. The summed E-state index contributed by atoms with van der Waals surface area (Å²) in [5, 5.41) is 37.3. The monoisotopic (exact) mass is 898 g/mol. The van der Waals surface area contributed by atoms with Crippen LogP contribution in [0, 0.1) is 0 Å². The van der Waals surface area contributed by atoms with Crippen LogP contribution in [0.25, 0.3) is 66.8 Å². The van der Waals surface area contributed by atoms with Gasteiger partial charge >= 0.3 is 11.9 Å². The van der Waals surface area contributed by atoms with Crippen LogP contribution in [0.2, 0.25) is 10.0 Å². The van der Waals surface area contributed by atoms with Gasteiger partial charge in [-0.1, -0.05) is 35.3 Å². The summed E-state index contributed by atoms with van der Waals surface area (Å²) in [6.45, 7) is 1.74. The van der Waals surface area contributed by atoms with E-state index in [2.05, 4.69) is 15.6 Å². The van der Waals surface area contributed by atoms with Crippen LogP contribution in [0.15, 0.2) is 116 Å². The molecule has 4 aromatic rings. The van der Waals surface area contributed by atoms with Crippen LogP contribution in [0.5, 0.6) is 5.75 Å². The normalized spacial score (nSPS) is 11.7. The van der Waals surface area contributed by atoms with E-state index in [-0.39, 0.29) is 61.4 Å². The molecule has 0 saturated carbocycles. The van der Waals surface area contributed by atoms with Crippen molar-refractivity contribution in [2.45, 2.75) is 13.5 Å². The molecule has 64 heavy (non-hydrogen) atoms. The number of aromatic carboxylic acids is 2. The van der Waals surface area contributed by atoms with E-state index in [0.29, 0.717) is 67.4 Å². The van der Waals surface area contributed by atoms with Crippen LogP contribution < -0.4 is 26.3 Å². The maximum atomic E-state index is 13.8. The van der Waals surface area contributed by atoms with Crippen molar-refractivity contribution in [3.8, 4) is 50.7 Å². The summed E-state index contributed by atoms with van der Waals surface area (Å²) in [4.78, 5) is 71.1. The van der Waals surface area contributed by atoms with E-state index in [1.165, 1.54) is 30.3 Å². The predicted octanol–water partition coefficient (Wildman–Crippen LogP) is 8.52. The van der Waals surface area contributed by atoms with Gasteiger partial charge in [-0.3, -0.25) is 19.4 Å². The SMILES string of the molecule is CCN=c1ccc2c(-c3c(Cl)c(C(=O)NCC(=O)NCc4ccc(-c5c6ccc(=O)cc-6oc6cc(O)ccc56)c(C(=O)O)c4)cc(Cl)c3C(=O)O)c3ccc(N(C)C)cc3oc-2c1. The average Bonchev–Trinajstić information content (AvgIpc) is 3.26. The van der Waals surface area contributed by atoms with E-state index in [1.807, 2.05) is 32.0 Å². The Morgan fingerprint density at radius 2 is 1.38 bits per heavy atom. The number of carbonyl (C=O) groups excluding carboxylic acids is 2. The van der Waals surface area contributed by atoms with E-state index in [9.17, 15) is 39.3 Å². The Morgan fingerprint density at radius 1 is 0.703 bits per heavy atom. The molecule has 2 amide bonds. The van der Waals surface area contributed by atoms with Crippen molar-refractivity contribution in [2.75, 3.05) is 32.1 Å². The summed E-state index contributed by atoms with van der Waals surface area (Å²) in [6.07, 6.45) is 0. The summed E-state index contributed by atoms with van der Waals surface area (Å²) in [7, 11) is 3.73. The van der Waals surface area contributed by atoms with Gasteiger partial charge in [-0.15, -0.1) is 0 Å². The molecule has 322 valence electrons. The van der Waals surface area contributed by atoms with E-state index >= 15 is 0 Å². The van der Waals surface area contributed by atoms with Gasteiger partial charge in [-0.25, -0.2) is 9.59 Å². The van der Waals surface area contributed by atoms with Gasteiger partial charge in [0.1, 0.15) is 28.4 Å². The third-order valence-electron chi connectivity index (χ3n) is 10.6. The predicted molar refractivity (Wildman–Crippen MR) is 243 cm³/mol. The van der Waals surface area contributed by atoms with Crippen molar-refractivity contribution in [1.29, 1.82) is 0 Å². The molecule has 5 N–H and O–H groups in total. The molecule has 0 radical (unpaired) electrons. The second kappa shape index (κ2) is 17.2. The molecule has 2 aliphatic carbocycles. The Bertz CT molecular complexity index is 3320. The zero-order chi connectivity index (χ0) is 45.6. The van der Waals surface area contributed by atoms with Crippen molar-refractivity contribution in [1.82, 2.24) is 10.6 Å². The average molecular weight is 900 g/mol. The van der Waals surface area contributed by atoms with E-state index in [4.69, 9.17) is 32.0 Å². The number of carboxylic acids is 2. The number of fused-ring (bicyclic) bond motifs is 4. The fraction of sp³-hybridized carbons (Fsp3) is 0.125. The highest BCUT2D eigenvalue weighted by molar-refractivity contribution is 6.41. The second-order valence-corrected chi connectivity index (χ2v) is 15.7. The molecule has 0 fully saturated rings. The molecule has 0 unspecified atom stereocenters. The molecular formula is C48H36Cl2N4O10.